The predicted octanol–water partition coefficient (Wildman–Crippen LogP) is 7.22. The fourth-order valence-corrected chi connectivity index (χ4v) is 8.86. The molecule has 4 aliphatic carbocycles. The van der Waals surface area contributed by atoms with Gasteiger partial charge in [0.2, 0.25) is 0 Å². The number of nitrogens with one attached hydrogen (secondary N) is 1. The van der Waals surface area contributed by atoms with E-state index in [0.717, 1.165) is 47.6 Å². The molecule has 7 atom stereocenters. The van der Waals surface area contributed by atoms with Crippen LogP contribution in [0.3, 0.4) is 0 Å². The van der Waals surface area contributed by atoms with E-state index in [4.69, 9.17) is 18.0 Å². The summed E-state index contributed by atoms with van der Waals surface area (Å²) in [4.78, 5) is 0. The first-order chi connectivity index (χ1) is 15.1. The third-order valence-electron chi connectivity index (χ3n) is 10.5. The molecule has 0 aromatic rings. The number of thiocarbonyl (C=S) groups is 1. The molecule has 0 spiro atoms. The molecular weight excluding hydrogens is 410 g/mol. The zero-order valence-electron chi connectivity index (χ0n) is 21.3. The molecule has 4 heteroatoms. The summed E-state index contributed by atoms with van der Waals surface area (Å²) in [5.41, 5.74) is 12.1. The molecule has 0 aliphatic heterocycles. The first-order valence-electron chi connectivity index (χ1n) is 13.5. The summed E-state index contributed by atoms with van der Waals surface area (Å²) in [7, 11) is 0. The van der Waals surface area contributed by atoms with Crippen molar-refractivity contribution in [1.29, 1.82) is 0 Å². The summed E-state index contributed by atoms with van der Waals surface area (Å²) in [6.07, 6.45) is 17.4. The zero-order chi connectivity index (χ0) is 23.1. The first kappa shape index (κ1) is 24.2. The number of allylic oxidation sites excluding steroid dienone is 2. The van der Waals surface area contributed by atoms with E-state index in [1.165, 1.54) is 64.2 Å². The van der Waals surface area contributed by atoms with Crippen molar-refractivity contribution in [3.05, 3.63) is 11.6 Å². The number of rotatable bonds is 6. The van der Waals surface area contributed by atoms with Crippen LogP contribution in [0.5, 0.6) is 0 Å². The van der Waals surface area contributed by atoms with E-state index < -0.39 is 0 Å². The SMILES string of the molecule is CC(C)CCC[C@@H](C)[C@H]1CC[C@H]2[C@@H]3CCC4=CC(=NNC(N)=S)CC[C@]4(C)[C@H]3CC[C@]12C. The largest absolute Gasteiger partial charge is 0.375 e. The Kier molecular flexibility index (Phi) is 7.11. The molecule has 0 heterocycles. The number of hydrazone groups is 1. The van der Waals surface area contributed by atoms with Crippen molar-refractivity contribution in [1.82, 2.24) is 5.43 Å². The van der Waals surface area contributed by atoms with Gasteiger partial charge in [0.1, 0.15) is 0 Å². The standard InChI is InChI=1S/C28H47N3S/c1-18(2)7-6-8-19(3)23-11-12-24-22-10-9-20-17-21(30-31-26(29)32)13-15-27(20,4)25(22)14-16-28(23,24)5/h17-19,22-25H,6-16H2,1-5H3,(H3,29,31,32)/t19-,22+,23-,24+,25+,27+,28-/m1/s1. The van der Waals surface area contributed by atoms with Gasteiger partial charge in [0, 0.05) is 0 Å². The van der Waals surface area contributed by atoms with Crippen LogP contribution in [0.1, 0.15) is 105 Å². The Balaban J connectivity index is 1.47. The van der Waals surface area contributed by atoms with Gasteiger partial charge in [-0.15, -0.1) is 0 Å². The Morgan fingerprint density at radius 2 is 1.88 bits per heavy atom. The summed E-state index contributed by atoms with van der Waals surface area (Å²) in [5.74, 6) is 5.42. The highest BCUT2D eigenvalue weighted by Gasteiger charge is 2.59. The van der Waals surface area contributed by atoms with Crippen LogP contribution in [0.15, 0.2) is 16.8 Å². The highest BCUT2D eigenvalue weighted by Crippen LogP contribution is 2.67. The minimum atomic E-state index is 0.258. The predicted molar refractivity (Wildman–Crippen MR) is 140 cm³/mol. The molecule has 0 aromatic heterocycles. The lowest BCUT2D eigenvalue weighted by Gasteiger charge is -2.58. The minimum absolute atomic E-state index is 0.258. The molecule has 3 saturated carbocycles. The van der Waals surface area contributed by atoms with Gasteiger partial charge in [-0.05, 0) is 116 Å². The molecule has 3 fully saturated rings. The second kappa shape index (κ2) is 9.39. The maximum absolute atomic E-state index is 5.58. The second-order valence-corrected chi connectivity index (χ2v) is 13.1. The van der Waals surface area contributed by atoms with E-state index >= 15 is 0 Å². The Hall–Kier alpha value is -0.900. The van der Waals surface area contributed by atoms with Gasteiger partial charge in [0.15, 0.2) is 5.11 Å². The Morgan fingerprint density at radius 3 is 2.59 bits per heavy atom. The van der Waals surface area contributed by atoms with E-state index in [2.05, 4.69) is 51.2 Å². The van der Waals surface area contributed by atoms with Crippen LogP contribution >= 0.6 is 12.2 Å². The van der Waals surface area contributed by atoms with Crippen molar-refractivity contribution < 1.29 is 0 Å². The molecule has 0 aromatic carbocycles. The maximum atomic E-state index is 5.58. The fourth-order valence-electron chi connectivity index (χ4n) is 8.81. The number of nitrogens with two attached hydrogens (primary N) is 1. The summed E-state index contributed by atoms with van der Waals surface area (Å²) < 4.78 is 0. The third-order valence-corrected chi connectivity index (χ3v) is 10.6. The average Bonchev–Trinajstić information content (AvgIpc) is 3.09. The Labute approximate surface area is 202 Å². The van der Waals surface area contributed by atoms with Crippen molar-refractivity contribution in [2.45, 2.75) is 105 Å². The number of hydrogen-bond donors (Lipinski definition) is 2. The normalized spacial score (nSPS) is 40.9. The summed E-state index contributed by atoms with van der Waals surface area (Å²) in [6, 6.07) is 0. The van der Waals surface area contributed by atoms with E-state index in [1.54, 1.807) is 5.57 Å². The average molecular weight is 458 g/mol. The van der Waals surface area contributed by atoms with Gasteiger partial charge in [0.05, 0.1) is 5.71 Å². The molecule has 180 valence electrons. The van der Waals surface area contributed by atoms with E-state index in [1.807, 2.05) is 0 Å². The van der Waals surface area contributed by atoms with Gasteiger partial charge in [-0.3, -0.25) is 5.43 Å². The third kappa shape index (κ3) is 4.42. The highest BCUT2D eigenvalue weighted by molar-refractivity contribution is 7.80. The highest BCUT2D eigenvalue weighted by atomic mass is 32.1. The Morgan fingerprint density at radius 1 is 1.09 bits per heavy atom. The van der Waals surface area contributed by atoms with E-state index in [9.17, 15) is 0 Å². The van der Waals surface area contributed by atoms with Crippen molar-refractivity contribution >= 4 is 23.0 Å². The van der Waals surface area contributed by atoms with Crippen LogP contribution in [-0.4, -0.2) is 10.8 Å². The molecule has 0 bridgehead atoms. The lowest BCUT2D eigenvalue weighted by Crippen LogP contribution is -2.51. The lowest BCUT2D eigenvalue weighted by molar-refractivity contribution is -0.0573. The number of fused-ring (bicyclic) bond motifs is 5. The molecule has 4 rings (SSSR count). The zero-order valence-corrected chi connectivity index (χ0v) is 22.1. The van der Waals surface area contributed by atoms with Gasteiger partial charge >= 0.3 is 0 Å². The van der Waals surface area contributed by atoms with Crippen LogP contribution in [0.2, 0.25) is 0 Å². The lowest BCUT2D eigenvalue weighted by atomic mass is 9.46. The number of nitrogens with zero attached hydrogens (tertiary/aromatic N) is 1. The molecular formula is C28H47N3S. The van der Waals surface area contributed by atoms with Crippen LogP contribution in [-0.2, 0) is 0 Å². The van der Waals surface area contributed by atoms with E-state index in [-0.39, 0.29) is 5.11 Å². The molecule has 0 unspecified atom stereocenters. The summed E-state index contributed by atoms with van der Waals surface area (Å²) >= 11 is 4.93. The topological polar surface area (TPSA) is 50.4 Å². The molecule has 0 saturated heterocycles. The molecule has 4 aliphatic rings. The molecule has 32 heavy (non-hydrogen) atoms. The van der Waals surface area contributed by atoms with Gasteiger partial charge in [-0.1, -0.05) is 59.5 Å². The van der Waals surface area contributed by atoms with Crippen LogP contribution < -0.4 is 11.2 Å². The number of hydrogen-bond acceptors (Lipinski definition) is 2. The monoisotopic (exact) mass is 457 g/mol. The molecule has 0 radical (unpaired) electrons. The van der Waals surface area contributed by atoms with E-state index in [0.29, 0.717) is 10.8 Å². The summed E-state index contributed by atoms with van der Waals surface area (Å²) in [5, 5.41) is 4.72. The quantitative estimate of drug-likeness (QED) is 0.327. The fraction of sp³-hybridized carbons (Fsp3) is 0.857. The molecule has 3 N–H and O–H groups in total. The Bertz CT molecular complexity index is 771. The van der Waals surface area contributed by atoms with Crippen molar-refractivity contribution in [3.8, 4) is 0 Å². The van der Waals surface area contributed by atoms with Gasteiger partial charge in [-0.25, -0.2) is 0 Å². The van der Waals surface area contributed by atoms with Crippen LogP contribution in [0.4, 0.5) is 0 Å². The van der Waals surface area contributed by atoms with Gasteiger partial charge in [-0.2, -0.15) is 5.10 Å². The van der Waals surface area contributed by atoms with Gasteiger partial charge in [0.25, 0.3) is 0 Å². The van der Waals surface area contributed by atoms with Crippen LogP contribution in [0.25, 0.3) is 0 Å². The second-order valence-electron chi connectivity index (χ2n) is 12.6. The maximum Gasteiger partial charge on any atom is 0.184 e. The molecule has 3 nitrogen and oxygen atoms in total. The smallest absolute Gasteiger partial charge is 0.184 e. The molecule has 0 amide bonds. The van der Waals surface area contributed by atoms with Gasteiger partial charge < -0.3 is 5.73 Å². The first-order valence-corrected chi connectivity index (χ1v) is 13.9. The minimum Gasteiger partial charge on any atom is -0.375 e. The summed E-state index contributed by atoms with van der Waals surface area (Å²) in [6.45, 7) is 12.6. The van der Waals surface area contributed by atoms with Crippen LogP contribution in [0, 0.1) is 46.3 Å². The van der Waals surface area contributed by atoms with Crippen molar-refractivity contribution in [2.75, 3.05) is 0 Å². The van der Waals surface area contributed by atoms with Crippen molar-refractivity contribution in [2.24, 2.45) is 57.2 Å². The van der Waals surface area contributed by atoms with Crippen molar-refractivity contribution in [3.63, 3.8) is 0 Å².